The Morgan fingerprint density at radius 2 is 2.00 bits per heavy atom. The molecule has 1 aliphatic rings. The van der Waals surface area contributed by atoms with E-state index in [9.17, 15) is 0 Å². The quantitative estimate of drug-likeness (QED) is 0.723. The van der Waals surface area contributed by atoms with E-state index in [1.807, 2.05) is 6.07 Å². The summed E-state index contributed by atoms with van der Waals surface area (Å²) in [4.78, 5) is 9.63. The van der Waals surface area contributed by atoms with Crippen molar-refractivity contribution in [2.75, 3.05) is 44.7 Å². The second-order valence-electron chi connectivity index (χ2n) is 6.53. The summed E-state index contributed by atoms with van der Waals surface area (Å²) in [5.41, 5.74) is 1.34. The molecule has 136 valence electrons. The summed E-state index contributed by atoms with van der Waals surface area (Å²) >= 11 is 1.55. The van der Waals surface area contributed by atoms with Crippen LogP contribution < -0.4 is 9.64 Å². The minimum atomic E-state index is 0.942. The lowest BCUT2D eigenvalue weighted by molar-refractivity contribution is 0.261. The molecule has 6 heteroatoms. The fourth-order valence-electron chi connectivity index (χ4n) is 3.09. The molecule has 0 aliphatic carbocycles. The fraction of sp³-hybridized carbons (Fsp3) is 0.579. The maximum absolute atomic E-state index is 5.30. The number of nitrogens with zero attached hydrogens (tertiary/aromatic N) is 4. The Hall–Kier alpha value is -1.66. The molecule has 2 aromatic rings. The van der Waals surface area contributed by atoms with Gasteiger partial charge in [0, 0.05) is 50.7 Å². The van der Waals surface area contributed by atoms with Crippen molar-refractivity contribution < 1.29 is 4.74 Å². The average molecular weight is 361 g/mol. The van der Waals surface area contributed by atoms with Gasteiger partial charge in [-0.05, 0) is 30.5 Å². The van der Waals surface area contributed by atoms with Crippen molar-refractivity contribution in [1.82, 2.24) is 14.3 Å². The van der Waals surface area contributed by atoms with Crippen LogP contribution in [0.2, 0.25) is 0 Å². The van der Waals surface area contributed by atoms with Crippen molar-refractivity contribution in [3.8, 4) is 5.75 Å². The van der Waals surface area contributed by atoms with Crippen LogP contribution in [0.5, 0.6) is 5.75 Å². The summed E-state index contributed by atoms with van der Waals surface area (Å²) < 4.78 is 9.81. The summed E-state index contributed by atoms with van der Waals surface area (Å²) in [6, 6.07) is 8.38. The summed E-state index contributed by atoms with van der Waals surface area (Å²) in [5.74, 6) is 1.96. The van der Waals surface area contributed by atoms with Gasteiger partial charge in [0.05, 0.1) is 7.11 Å². The highest BCUT2D eigenvalue weighted by Crippen LogP contribution is 2.20. The van der Waals surface area contributed by atoms with Gasteiger partial charge in [-0.2, -0.15) is 4.37 Å². The lowest BCUT2D eigenvalue weighted by atomic mass is 10.1. The van der Waals surface area contributed by atoms with E-state index in [4.69, 9.17) is 9.72 Å². The van der Waals surface area contributed by atoms with Crippen LogP contribution in [0.3, 0.4) is 0 Å². The van der Waals surface area contributed by atoms with Crippen LogP contribution in [0.4, 0.5) is 5.13 Å². The Bertz CT molecular complexity index is 652. The summed E-state index contributed by atoms with van der Waals surface area (Å²) in [6.45, 7) is 7.57. The van der Waals surface area contributed by atoms with E-state index in [-0.39, 0.29) is 0 Å². The van der Waals surface area contributed by atoms with Crippen LogP contribution in [0, 0.1) is 0 Å². The van der Waals surface area contributed by atoms with Gasteiger partial charge in [-0.3, -0.25) is 4.90 Å². The highest BCUT2D eigenvalue weighted by Gasteiger charge is 2.19. The number of benzene rings is 1. The molecule has 1 aromatic carbocycles. The number of hydrogen-bond acceptors (Lipinski definition) is 6. The smallest absolute Gasteiger partial charge is 0.205 e. The van der Waals surface area contributed by atoms with Crippen molar-refractivity contribution >= 4 is 16.7 Å². The SMILES string of the molecule is CCCCc1nsc(N2CCN(CCc3cccc(OC)c3)CC2)n1. The van der Waals surface area contributed by atoms with Gasteiger partial charge in [0.25, 0.3) is 0 Å². The summed E-state index contributed by atoms with van der Waals surface area (Å²) in [5, 5.41) is 1.10. The number of piperazine rings is 1. The van der Waals surface area contributed by atoms with E-state index in [0.29, 0.717) is 0 Å². The van der Waals surface area contributed by atoms with Crippen LogP contribution in [0.15, 0.2) is 24.3 Å². The first-order valence-electron chi connectivity index (χ1n) is 9.21. The number of ether oxygens (including phenoxy) is 1. The minimum absolute atomic E-state index is 0.942. The molecule has 0 saturated carbocycles. The lowest BCUT2D eigenvalue weighted by Gasteiger charge is -2.34. The van der Waals surface area contributed by atoms with E-state index in [0.717, 1.165) is 62.3 Å². The van der Waals surface area contributed by atoms with E-state index in [1.165, 1.54) is 18.4 Å². The first-order chi connectivity index (χ1) is 12.3. The Labute approximate surface area is 154 Å². The lowest BCUT2D eigenvalue weighted by Crippen LogP contribution is -2.47. The largest absolute Gasteiger partial charge is 0.497 e. The molecule has 0 atom stereocenters. The fourth-order valence-corrected chi connectivity index (χ4v) is 3.85. The molecule has 1 aromatic heterocycles. The molecule has 1 fully saturated rings. The zero-order valence-corrected chi connectivity index (χ0v) is 16.1. The van der Waals surface area contributed by atoms with Gasteiger partial charge >= 0.3 is 0 Å². The molecule has 1 aliphatic heterocycles. The second-order valence-corrected chi connectivity index (χ2v) is 7.26. The van der Waals surface area contributed by atoms with Crippen molar-refractivity contribution in [3.05, 3.63) is 35.7 Å². The maximum atomic E-state index is 5.30. The molecular weight excluding hydrogens is 332 g/mol. The Morgan fingerprint density at radius 3 is 2.76 bits per heavy atom. The molecule has 2 heterocycles. The number of hydrogen-bond donors (Lipinski definition) is 0. The van der Waals surface area contributed by atoms with Crippen molar-refractivity contribution in [2.45, 2.75) is 32.6 Å². The molecule has 1 saturated heterocycles. The topological polar surface area (TPSA) is 41.5 Å². The Morgan fingerprint density at radius 1 is 1.16 bits per heavy atom. The third kappa shape index (κ3) is 5.16. The molecule has 5 nitrogen and oxygen atoms in total. The van der Waals surface area contributed by atoms with Gasteiger partial charge in [0.1, 0.15) is 11.6 Å². The molecule has 0 amide bonds. The first kappa shape index (κ1) is 18.1. The monoisotopic (exact) mass is 360 g/mol. The highest BCUT2D eigenvalue weighted by molar-refractivity contribution is 7.09. The predicted octanol–water partition coefficient (Wildman–Crippen LogP) is 3.25. The number of aromatic nitrogens is 2. The zero-order chi connectivity index (χ0) is 17.5. The van der Waals surface area contributed by atoms with Gasteiger partial charge in [-0.1, -0.05) is 25.5 Å². The summed E-state index contributed by atoms with van der Waals surface area (Å²) in [7, 11) is 1.72. The Balaban J connectivity index is 1.44. The highest BCUT2D eigenvalue weighted by atomic mass is 32.1. The van der Waals surface area contributed by atoms with Crippen LogP contribution in [0.1, 0.15) is 31.2 Å². The van der Waals surface area contributed by atoms with Crippen LogP contribution in [0.25, 0.3) is 0 Å². The number of anilines is 1. The molecule has 0 radical (unpaired) electrons. The maximum Gasteiger partial charge on any atom is 0.205 e. The van der Waals surface area contributed by atoms with Crippen LogP contribution in [-0.4, -0.2) is 54.1 Å². The number of unbranched alkanes of at least 4 members (excludes halogenated alkanes) is 1. The van der Waals surface area contributed by atoms with Crippen LogP contribution >= 0.6 is 11.5 Å². The van der Waals surface area contributed by atoms with Gasteiger partial charge < -0.3 is 9.64 Å². The zero-order valence-electron chi connectivity index (χ0n) is 15.3. The van der Waals surface area contributed by atoms with E-state index in [2.05, 4.69) is 39.3 Å². The van der Waals surface area contributed by atoms with Gasteiger partial charge in [0.2, 0.25) is 5.13 Å². The molecule has 0 bridgehead atoms. The standard InChI is InChI=1S/C19H28N4OS/c1-3-4-8-18-20-19(25-21-18)23-13-11-22(12-14-23)10-9-16-6-5-7-17(15-16)24-2/h5-7,15H,3-4,8-14H2,1-2H3. The normalized spacial score (nSPS) is 15.5. The predicted molar refractivity (Wildman–Crippen MR) is 104 cm³/mol. The molecule has 0 N–H and O–H groups in total. The van der Waals surface area contributed by atoms with Crippen molar-refractivity contribution in [1.29, 1.82) is 0 Å². The van der Waals surface area contributed by atoms with Gasteiger partial charge in [-0.15, -0.1) is 0 Å². The molecular formula is C19H28N4OS. The molecule has 3 rings (SSSR count). The minimum Gasteiger partial charge on any atom is -0.497 e. The Kier molecular flexibility index (Phi) is 6.64. The van der Waals surface area contributed by atoms with E-state index >= 15 is 0 Å². The summed E-state index contributed by atoms with van der Waals surface area (Å²) in [6.07, 6.45) is 4.44. The molecule has 25 heavy (non-hydrogen) atoms. The number of rotatable bonds is 8. The van der Waals surface area contributed by atoms with E-state index < -0.39 is 0 Å². The van der Waals surface area contributed by atoms with Gasteiger partial charge in [0.15, 0.2) is 0 Å². The van der Waals surface area contributed by atoms with Crippen LogP contribution in [-0.2, 0) is 12.8 Å². The van der Waals surface area contributed by atoms with E-state index in [1.54, 1.807) is 18.6 Å². The molecule has 0 unspecified atom stereocenters. The number of aryl methyl sites for hydroxylation is 1. The molecule has 0 spiro atoms. The average Bonchev–Trinajstić information content (AvgIpc) is 3.14. The number of methoxy groups -OCH3 is 1. The van der Waals surface area contributed by atoms with Gasteiger partial charge in [-0.25, -0.2) is 4.98 Å². The van der Waals surface area contributed by atoms with Crippen molar-refractivity contribution in [3.63, 3.8) is 0 Å². The third-order valence-corrected chi connectivity index (χ3v) is 5.52. The third-order valence-electron chi connectivity index (χ3n) is 4.70. The second kappa shape index (κ2) is 9.15. The first-order valence-corrected chi connectivity index (χ1v) is 9.98. The van der Waals surface area contributed by atoms with Crippen molar-refractivity contribution in [2.24, 2.45) is 0 Å².